The molecule has 0 aromatic rings. The molecule has 8 heteroatoms. The molecule has 2 N–H and O–H groups in total. The molecule has 7 nitrogen and oxygen atoms in total. The number of rotatable bonds is 5. The van der Waals surface area contributed by atoms with Gasteiger partial charge in [-0.25, -0.2) is 13.1 Å². The Bertz CT molecular complexity index is 498. The van der Waals surface area contributed by atoms with E-state index in [9.17, 15) is 18.0 Å². The van der Waals surface area contributed by atoms with E-state index in [4.69, 9.17) is 0 Å². The van der Waals surface area contributed by atoms with Crippen LogP contribution in [0.1, 0.15) is 32.6 Å². The fourth-order valence-corrected chi connectivity index (χ4v) is 4.24. The van der Waals surface area contributed by atoms with Crippen molar-refractivity contribution >= 4 is 21.8 Å². The number of carbonyl (C=O) groups is 2. The van der Waals surface area contributed by atoms with Crippen molar-refractivity contribution in [2.45, 2.75) is 38.6 Å². The molecule has 120 valence electrons. The summed E-state index contributed by atoms with van der Waals surface area (Å²) in [5, 5.41) is 2.67. The molecule has 0 bridgehead atoms. The molecular weight excluding hydrogens is 294 g/mol. The lowest BCUT2D eigenvalue weighted by Gasteiger charge is -2.33. The molecule has 2 saturated heterocycles. The van der Waals surface area contributed by atoms with Gasteiger partial charge in [-0.3, -0.25) is 9.59 Å². The maximum Gasteiger partial charge on any atom is 0.227 e. The first-order valence-corrected chi connectivity index (χ1v) is 9.12. The Morgan fingerprint density at radius 2 is 2.05 bits per heavy atom. The van der Waals surface area contributed by atoms with Gasteiger partial charge in [-0.05, 0) is 19.3 Å². The number of hydrogen-bond acceptors (Lipinski definition) is 4. The number of nitrogens with one attached hydrogen (secondary N) is 2. The smallest absolute Gasteiger partial charge is 0.227 e. The molecule has 0 saturated carbocycles. The van der Waals surface area contributed by atoms with E-state index in [0.29, 0.717) is 38.9 Å². The van der Waals surface area contributed by atoms with Crippen molar-refractivity contribution in [3.63, 3.8) is 0 Å². The van der Waals surface area contributed by atoms with Crippen LogP contribution in [0.4, 0.5) is 0 Å². The third kappa shape index (κ3) is 4.41. The lowest BCUT2D eigenvalue weighted by Crippen LogP contribution is -2.48. The molecule has 2 aliphatic heterocycles. The quantitative estimate of drug-likeness (QED) is 0.711. The van der Waals surface area contributed by atoms with E-state index in [0.717, 1.165) is 0 Å². The van der Waals surface area contributed by atoms with E-state index >= 15 is 0 Å². The number of sulfonamides is 1. The van der Waals surface area contributed by atoms with Crippen molar-refractivity contribution in [2.75, 3.05) is 25.4 Å². The summed E-state index contributed by atoms with van der Waals surface area (Å²) in [6.45, 7) is 3.34. The number of piperidine rings is 1. The minimum Gasteiger partial charge on any atom is -0.355 e. The van der Waals surface area contributed by atoms with Gasteiger partial charge < -0.3 is 10.2 Å². The maximum atomic E-state index is 12.2. The highest BCUT2D eigenvalue weighted by atomic mass is 32.2. The molecule has 21 heavy (non-hydrogen) atoms. The summed E-state index contributed by atoms with van der Waals surface area (Å²) in [5.74, 6) is -0.188. The predicted molar refractivity (Wildman–Crippen MR) is 77.9 cm³/mol. The largest absolute Gasteiger partial charge is 0.355 e. The first kappa shape index (κ1) is 16.2. The molecular formula is C13H23N3O4S. The highest BCUT2D eigenvalue weighted by Crippen LogP contribution is 2.18. The third-order valence-electron chi connectivity index (χ3n) is 3.95. The zero-order chi connectivity index (χ0) is 15.5. The number of amides is 2. The zero-order valence-electron chi connectivity index (χ0n) is 12.3. The summed E-state index contributed by atoms with van der Waals surface area (Å²) in [6, 6.07) is -0.0889. The third-order valence-corrected chi connectivity index (χ3v) is 5.59. The minimum absolute atomic E-state index is 0.00298. The van der Waals surface area contributed by atoms with Gasteiger partial charge in [0.1, 0.15) is 0 Å². The standard InChI is InChI=1S/C13H23N3O4S/c1-2-7-21(19,20)15-11-3-5-16(6-4-11)13(18)10-8-12(17)14-9-10/h10-11,15H,2-9H2,1H3,(H,14,17). The molecule has 1 unspecified atom stereocenters. The van der Waals surface area contributed by atoms with E-state index in [-0.39, 0.29) is 35.9 Å². The molecule has 0 aromatic heterocycles. The van der Waals surface area contributed by atoms with E-state index < -0.39 is 10.0 Å². The van der Waals surface area contributed by atoms with E-state index in [1.165, 1.54) is 0 Å². The predicted octanol–water partition coefficient (Wildman–Crippen LogP) is -0.557. The van der Waals surface area contributed by atoms with Gasteiger partial charge in [0.25, 0.3) is 0 Å². The molecule has 2 rings (SSSR count). The summed E-state index contributed by atoms with van der Waals surface area (Å²) in [6.07, 6.45) is 2.11. The van der Waals surface area contributed by atoms with Gasteiger partial charge in [-0.1, -0.05) is 6.92 Å². The van der Waals surface area contributed by atoms with Crippen molar-refractivity contribution in [2.24, 2.45) is 5.92 Å². The van der Waals surface area contributed by atoms with Crippen molar-refractivity contribution < 1.29 is 18.0 Å². The van der Waals surface area contributed by atoms with Crippen LogP contribution in [-0.4, -0.2) is 56.6 Å². The molecule has 2 amide bonds. The summed E-state index contributed by atoms with van der Waals surface area (Å²) in [5.41, 5.74) is 0. The van der Waals surface area contributed by atoms with Crippen LogP contribution < -0.4 is 10.0 Å². The molecule has 2 fully saturated rings. The highest BCUT2D eigenvalue weighted by Gasteiger charge is 2.33. The molecule has 2 aliphatic rings. The SMILES string of the molecule is CCCS(=O)(=O)NC1CCN(C(=O)C2CNC(=O)C2)CC1. The van der Waals surface area contributed by atoms with Crippen LogP contribution in [0.2, 0.25) is 0 Å². The molecule has 0 aliphatic carbocycles. The van der Waals surface area contributed by atoms with Crippen LogP contribution >= 0.6 is 0 Å². The lowest BCUT2D eigenvalue weighted by molar-refractivity contribution is -0.136. The molecule has 2 heterocycles. The first-order valence-electron chi connectivity index (χ1n) is 7.47. The molecule has 0 spiro atoms. The van der Waals surface area contributed by atoms with Gasteiger partial charge in [0.15, 0.2) is 0 Å². The number of carbonyl (C=O) groups excluding carboxylic acids is 2. The Morgan fingerprint density at radius 3 is 2.57 bits per heavy atom. The summed E-state index contributed by atoms with van der Waals surface area (Å²) in [4.78, 5) is 25.1. The van der Waals surface area contributed by atoms with Crippen molar-refractivity contribution in [3.8, 4) is 0 Å². The second kappa shape index (κ2) is 6.74. The van der Waals surface area contributed by atoms with Crippen LogP contribution in [0.15, 0.2) is 0 Å². The average Bonchev–Trinajstić information content (AvgIpc) is 2.85. The van der Waals surface area contributed by atoms with Gasteiger partial charge in [0.2, 0.25) is 21.8 Å². The van der Waals surface area contributed by atoms with Crippen LogP contribution in [0.3, 0.4) is 0 Å². The van der Waals surface area contributed by atoms with E-state index in [1.807, 2.05) is 6.92 Å². The van der Waals surface area contributed by atoms with Gasteiger partial charge in [0.05, 0.1) is 11.7 Å². The fourth-order valence-electron chi connectivity index (χ4n) is 2.84. The van der Waals surface area contributed by atoms with Crippen LogP contribution in [0, 0.1) is 5.92 Å². The van der Waals surface area contributed by atoms with Crippen LogP contribution in [0.5, 0.6) is 0 Å². The highest BCUT2D eigenvalue weighted by molar-refractivity contribution is 7.89. The van der Waals surface area contributed by atoms with Gasteiger partial charge in [-0.15, -0.1) is 0 Å². The zero-order valence-corrected chi connectivity index (χ0v) is 13.1. The second-order valence-corrected chi connectivity index (χ2v) is 7.61. The van der Waals surface area contributed by atoms with Crippen LogP contribution in [0.25, 0.3) is 0 Å². The number of nitrogens with zero attached hydrogens (tertiary/aromatic N) is 1. The van der Waals surface area contributed by atoms with E-state index in [1.54, 1.807) is 4.90 Å². The van der Waals surface area contributed by atoms with E-state index in [2.05, 4.69) is 10.0 Å². The fraction of sp³-hybridized carbons (Fsp3) is 0.846. The van der Waals surface area contributed by atoms with Crippen LogP contribution in [-0.2, 0) is 19.6 Å². The van der Waals surface area contributed by atoms with Crippen molar-refractivity contribution in [1.82, 2.24) is 14.9 Å². The topological polar surface area (TPSA) is 95.6 Å². The number of hydrogen-bond donors (Lipinski definition) is 2. The maximum absolute atomic E-state index is 12.2. The Balaban J connectivity index is 1.80. The Hall–Kier alpha value is -1.15. The first-order chi connectivity index (χ1) is 9.91. The lowest BCUT2D eigenvalue weighted by atomic mass is 10.0. The average molecular weight is 317 g/mol. The van der Waals surface area contributed by atoms with Gasteiger partial charge >= 0.3 is 0 Å². The number of likely N-dealkylation sites (tertiary alicyclic amines) is 1. The van der Waals surface area contributed by atoms with Gasteiger partial charge in [-0.2, -0.15) is 0 Å². The molecule has 0 aromatic carbocycles. The normalized spacial score (nSPS) is 24.1. The monoisotopic (exact) mass is 317 g/mol. The van der Waals surface area contributed by atoms with Gasteiger partial charge in [0, 0.05) is 32.1 Å². The summed E-state index contributed by atoms with van der Waals surface area (Å²) >= 11 is 0. The second-order valence-electron chi connectivity index (χ2n) is 5.74. The Morgan fingerprint density at radius 1 is 1.38 bits per heavy atom. The Kier molecular flexibility index (Phi) is 5.21. The minimum atomic E-state index is -3.20. The summed E-state index contributed by atoms with van der Waals surface area (Å²) < 4.78 is 26.1. The van der Waals surface area contributed by atoms with Crippen molar-refractivity contribution in [1.29, 1.82) is 0 Å². The Labute approximate surface area is 125 Å². The summed E-state index contributed by atoms with van der Waals surface area (Å²) in [7, 11) is -3.20. The van der Waals surface area contributed by atoms with Crippen molar-refractivity contribution in [3.05, 3.63) is 0 Å². The molecule has 0 radical (unpaired) electrons. The molecule has 1 atom stereocenters.